The minimum Gasteiger partial charge on any atom is -0.494 e. The van der Waals surface area contributed by atoms with Crippen LogP contribution in [0.4, 0.5) is 0 Å². The number of nitrogens with zero attached hydrogens (tertiary/aromatic N) is 2. The SMILES string of the molecule is CCOc1ccc(C(=O)C(C)CN2CCN(C)CC2)cc1.Cl. The van der Waals surface area contributed by atoms with Crippen molar-refractivity contribution in [3.8, 4) is 5.75 Å². The predicted molar refractivity (Wildman–Crippen MR) is 92.3 cm³/mol. The predicted octanol–water partition coefficient (Wildman–Crippen LogP) is 2.57. The van der Waals surface area contributed by atoms with Gasteiger partial charge in [-0.05, 0) is 38.2 Å². The molecular weight excluding hydrogens is 300 g/mol. The maximum atomic E-state index is 12.5. The van der Waals surface area contributed by atoms with Gasteiger partial charge < -0.3 is 14.5 Å². The van der Waals surface area contributed by atoms with Crippen molar-refractivity contribution in [1.29, 1.82) is 0 Å². The summed E-state index contributed by atoms with van der Waals surface area (Å²) < 4.78 is 5.41. The molecule has 0 aliphatic carbocycles. The number of likely N-dealkylation sites (N-methyl/N-ethyl adjacent to an activating group) is 1. The average molecular weight is 327 g/mol. The highest BCUT2D eigenvalue weighted by molar-refractivity contribution is 5.97. The fourth-order valence-electron chi connectivity index (χ4n) is 2.67. The summed E-state index contributed by atoms with van der Waals surface area (Å²) >= 11 is 0. The first-order valence-corrected chi connectivity index (χ1v) is 7.78. The van der Waals surface area contributed by atoms with Crippen LogP contribution in [0.5, 0.6) is 5.75 Å². The van der Waals surface area contributed by atoms with Crippen molar-refractivity contribution >= 4 is 18.2 Å². The molecular formula is C17H27ClN2O2. The lowest BCUT2D eigenvalue weighted by Gasteiger charge is -2.33. The Kier molecular flexibility index (Phi) is 7.87. The third kappa shape index (κ3) is 5.27. The largest absolute Gasteiger partial charge is 0.494 e. The van der Waals surface area contributed by atoms with Gasteiger partial charge in [0.1, 0.15) is 5.75 Å². The van der Waals surface area contributed by atoms with Gasteiger partial charge in [-0.1, -0.05) is 6.92 Å². The lowest BCUT2D eigenvalue weighted by Crippen LogP contribution is -2.46. The Morgan fingerprint density at radius 1 is 1.18 bits per heavy atom. The average Bonchev–Trinajstić information content (AvgIpc) is 2.50. The molecule has 0 spiro atoms. The topological polar surface area (TPSA) is 32.8 Å². The number of Topliss-reactive ketones (excluding diaryl/α,β-unsaturated/α-hetero) is 1. The number of hydrogen-bond acceptors (Lipinski definition) is 4. The fraction of sp³-hybridized carbons (Fsp3) is 0.588. The van der Waals surface area contributed by atoms with E-state index in [0.717, 1.165) is 44.0 Å². The molecule has 1 fully saturated rings. The minimum absolute atomic E-state index is 0. The maximum Gasteiger partial charge on any atom is 0.166 e. The zero-order chi connectivity index (χ0) is 15.2. The molecule has 4 nitrogen and oxygen atoms in total. The van der Waals surface area contributed by atoms with Gasteiger partial charge >= 0.3 is 0 Å². The second-order valence-electron chi connectivity index (χ2n) is 5.83. The quantitative estimate of drug-likeness (QED) is 0.752. The van der Waals surface area contributed by atoms with Crippen molar-refractivity contribution in [3.05, 3.63) is 29.8 Å². The molecule has 0 saturated carbocycles. The molecule has 1 atom stereocenters. The molecule has 1 heterocycles. The van der Waals surface area contributed by atoms with E-state index in [2.05, 4.69) is 16.8 Å². The molecule has 1 aromatic rings. The number of halogens is 1. The number of carbonyl (C=O) groups excluding carboxylic acids is 1. The Morgan fingerprint density at radius 2 is 1.77 bits per heavy atom. The summed E-state index contributed by atoms with van der Waals surface area (Å²) in [4.78, 5) is 17.2. The van der Waals surface area contributed by atoms with E-state index >= 15 is 0 Å². The summed E-state index contributed by atoms with van der Waals surface area (Å²) in [5.41, 5.74) is 0.778. The van der Waals surface area contributed by atoms with Gasteiger partial charge in [-0.3, -0.25) is 4.79 Å². The molecule has 2 rings (SSSR count). The molecule has 0 bridgehead atoms. The van der Waals surface area contributed by atoms with E-state index in [-0.39, 0.29) is 24.1 Å². The lowest BCUT2D eigenvalue weighted by atomic mass is 9.98. The van der Waals surface area contributed by atoms with Crippen LogP contribution in [0.1, 0.15) is 24.2 Å². The summed E-state index contributed by atoms with van der Waals surface area (Å²) in [5.74, 6) is 1.07. The highest BCUT2D eigenvalue weighted by atomic mass is 35.5. The molecule has 5 heteroatoms. The van der Waals surface area contributed by atoms with Gasteiger partial charge in [0, 0.05) is 44.2 Å². The zero-order valence-corrected chi connectivity index (χ0v) is 14.6. The number of benzene rings is 1. The van der Waals surface area contributed by atoms with Gasteiger partial charge in [0.25, 0.3) is 0 Å². The first-order valence-electron chi connectivity index (χ1n) is 7.78. The Bertz CT molecular complexity index is 456. The third-order valence-electron chi connectivity index (χ3n) is 4.03. The van der Waals surface area contributed by atoms with Crippen LogP contribution in [0.3, 0.4) is 0 Å². The van der Waals surface area contributed by atoms with Crippen molar-refractivity contribution < 1.29 is 9.53 Å². The van der Waals surface area contributed by atoms with Gasteiger partial charge in [0.2, 0.25) is 0 Å². The zero-order valence-electron chi connectivity index (χ0n) is 13.7. The summed E-state index contributed by atoms with van der Waals surface area (Å²) in [5, 5.41) is 0. The smallest absolute Gasteiger partial charge is 0.166 e. The van der Waals surface area contributed by atoms with Crippen LogP contribution in [0.25, 0.3) is 0 Å². The van der Waals surface area contributed by atoms with Crippen molar-refractivity contribution in [2.45, 2.75) is 13.8 Å². The molecule has 1 aromatic carbocycles. The number of rotatable bonds is 6. The van der Waals surface area contributed by atoms with Gasteiger partial charge in [-0.25, -0.2) is 0 Å². The molecule has 1 aliphatic rings. The minimum atomic E-state index is 0. The Labute approximate surface area is 139 Å². The van der Waals surface area contributed by atoms with Crippen LogP contribution in [0.2, 0.25) is 0 Å². The van der Waals surface area contributed by atoms with E-state index < -0.39 is 0 Å². The molecule has 0 amide bonds. The first kappa shape index (κ1) is 18.9. The summed E-state index contributed by atoms with van der Waals surface area (Å²) in [6.45, 7) is 9.75. The van der Waals surface area contributed by atoms with Gasteiger partial charge in [-0.2, -0.15) is 0 Å². The van der Waals surface area contributed by atoms with Crippen molar-refractivity contribution in [2.24, 2.45) is 5.92 Å². The van der Waals surface area contributed by atoms with E-state index in [9.17, 15) is 4.79 Å². The standard InChI is InChI=1S/C17H26N2O2.ClH/c1-4-21-16-7-5-15(6-8-16)17(20)14(2)13-19-11-9-18(3)10-12-19;/h5-8,14H,4,9-13H2,1-3H3;1H. The number of ether oxygens (including phenoxy) is 1. The van der Waals surface area contributed by atoms with Crippen LogP contribution >= 0.6 is 12.4 Å². The highest BCUT2D eigenvalue weighted by Crippen LogP contribution is 2.16. The summed E-state index contributed by atoms with van der Waals surface area (Å²) in [6.07, 6.45) is 0. The van der Waals surface area contributed by atoms with E-state index in [4.69, 9.17) is 4.74 Å². The molecule has 1 unspecified atom stereocenters. The van der Waals surface area contributed by atoms with Crippen LogP contribution in [-0.4, -0.2) is 62.0 Å². The molecule has 0 N–H and O–H groups in total. The van der Waals surface area contributed by atoms with E-state index in [1.807, 2.05) is 38.1 Å². The second-order valence-corrected chi connectivity index (χ2v) is 5.83. The summed E-state index contributed by atoms with van der Waals surface area (Å²) in [6, 6.07) is 7.49. The molecule has 124 valence electrons. The van der Waals surface area contributed by atoms with Crippen LogP contribution in [0, 0.1) is 5.92 Å². The van der Waals surface area contributed by atoms with Crippen LogP contribution < -0.4 is 4.74 Å². The van der Waals surface area contributed by atoms with Gasteiger partial charge in [-0.15, -0.1) is 12.4 Å². The molecule has 0 aromatic heterocycles. The Balaban J connectivity index is 0.00000242. The van der Waals surface area contributed by atoms with E-state index in [1.165, 1.54) is 0 Å². The maximum absolute atomic E-state index is 12.5. The Hall–Kier alpha value is -1.10. The summed E-state index contributed by atoms with van der Waals surface area (Å²) in [7, 11) is 2.14. The highest BCUT2D eigenvalue weighted by Gasteiger charge is 2.21. The van der Waals surface area contributed by atoms with Gasteiger partial charge in [0.15, 0.2) is 5.78 Å². The van der Waals surface area contributed by atoms with Crippen molar-refractivity contribution in [3.63, 3.8) is 0 Å². The number of piperazine rings is 1. The molecule has 22 heavy (non-hydrogen) atoms. The monoisotopic (exact) mass is 326 g/mol. The number of carbonyl (C=O) groups is 1. The first-order chi connectivity index (χ1) is 10.1. The third-order valence-corrected chi connectivity index (χ3v) is 4.03. The van der Waals surface area contributed by atoms with E-state index in [0.29, 0.717) is 6.61 Å². The van der Waals surface area contributed by atoms with Crippen LogP contribution in [-0.2, 0) is 0 Å². The van der Waals surface area contributed by atoms with Crippen LogP contribution in [0.15, 0.2) is 24.3 Å². The Morgan fingerprint density at radius 3 is 2.32 bits per heavy atom. The normalized spacial score (nSPS) is 17.6. The fourth-order valence-corrected chi connectivity index (χ4v) is 2.67. The lowest BCUT2D eigenvalue weighted by molar-refractivity contribution is 0.0854. The van der Waals surface area contributed by atoms with E-state index in [1.54, 1.807) is 0 Å². The second kappa shape index (κ2) is 9.13. The van der Waals surface area contributed by atoms with Crippen molar-refractivity contribution in [2.75, 3.05) is 46.4 Å². The molecule has 0 radical (unpaired) electrons. The number of ketones is 1. The molecule has 1 aliphatic heterocycles. The number of hydrogen-bond donors (Lipinski definition) is 0. The van der Waals surface area contributed by atoms with Crippen molar-refractivity contribution in [1.82, 2.24) is 9.80 Å². The van der Waals surface area contributed by atoms with Gasteiger partial charge in [0.05, 0.1) is 6.61 Å². The molecule has 1 saturated heterocycles.